The van der Waals surface area contributed by atoms with E-state index >= 15 is 0 Å². The largest absolute Gasteiger partial charge is 0.412 e. The van der Waals surface area contributed by atoms with Crippen LogP contribution >= 0.6 is 34.8 Å². The van der Waals surface area contributed by atoms with Gasteiger partial charge in [-0.1, -0.05) is 74.3 Å². The van der Waals surface area contributed by atoms with Crippen LogP contribution in [0, 0.1) is 0 Å². The molecule has 0 unspecified atom stereocenters. The van der Waals surface area contributed by atoms with Gasteiger partial charge in [-0.2, -0.15) is 0 Å². The molecule has 0 bridgehead atoms. The molecule has 0 heterocycles. The Morgan fingerprint density at radius 2 is 1.08 bits per heavy atom. The molecule has 0 aromatic heterocycles. The zero-order valence-electron chi connectivity index (χ0n) is 7.75. The molecule has 2 nitrogen and oxygen atoms in total. The zero-order valence-corrected chi connectivity index (χ0v) is 10.0. The number of hydrogen-bond acceptors (Lipinski definition) is 1. The van der Waals surface area contributed by atoms with E-state index in [0.29, 0.717) is 0 Å². The number of alkyl halides is 3. The second-order valence-electron chi connectivity index (χ2n) is 1.95. The number of hydrogen-bond donors (Lipinski definition) is 1. The van der Waals surface area contributed by atoms with Crippen molar-refractivity contribution in [2.75, 3.05) is 0 Å². The summed E-state index contributed by atoms with van der Waals surface area (Å²) in [6, 6.07) is 0. The third-order valence-corrected chi connectivity index (χ3v) is 0.957. The predicted octanol–water partition coefficient (Wildman–Crippen LogP) is 3.91. The maximum atomic E-state index is 4.81. The van der Waals surface area contributed by atoms with Crippen molar-refractivity contribution in [1.82, 2.24) is 6.15 Å². The summed E-state index contributed by atoms with van der Waals surface area (Å²) in [5, 5.41) is 0. The van der Waals surface area contributed by atoms with Gasteiger partial charge in [0.05, 0.1) is 0 Å². The Kier molecular flexibility index (Phi) is 43.4. The van der Waals surface area contributed by atoms with Crippen LogP contribution in [0.3, 0.4) is 0 Å². The number of rotatable bonds is 3. The first kappa shape index (κ1) is 23.0. The van der Waals surface area contributed by atoms with Gasteiger partial charge in [-0.25, -0.2) is 0 Å². The van der Waals surface area contributed by atoms with E-state index in [1.165, 1.54) is 25.7 Å². The summed E-state index contributed by atoms with van der Waals surface area (Å²) in [7, 11) is 0. The minimum absolute atomic E-state index is 0. The summed E-state index contributed by atoms with van der Waals surface area (Å²) < 4.78 is -0.750. The van der Waals surface area contributed by atoms with Crippen LogP contribution in [0.2, 0.25) is 0 Å². The van der Waals surface area contributed by atoms with Crippen LogP contribution in [-0.4, -0.2) is 9.77 Å². The Bertz CT molecular complexity index is 49.2. The first-order valence-corrected chi connectivity index (χ1v) is 4.88. The van der Waals surface area contributed by atoms with Crippen molar-refractivity contribution < 1.29 is 5.48 Å². The van der Waals surface area contributed by atoms with Gasteiger partial charge in [0.1, 0.15) is 0 Å². The van der Waals surface area contributed by atoms with E-state index < -0.39 is 4.30 Å². The summed E-state index contributed by atoms with van der Waals surface area (Å²) in [4.78, 5) is 0. The Morgan fingerprint density at radius 3 is 1.17 bits per heavy atom. The minimum atomic E-state index is -0.750. The van der Waals surface area contributed by atoms with E-state index in [1.807, 2.05) is 0 Å². The number of halogens is 3. The van der Waals surface area contributed by atoms with E-state index in [0.717, 1.165) is 0 Å². The Morgan fingerprint density at radius 1 is 0.917 bits per heavy atom. The highest BCUT2D eigenvalue weighted by atomic mass is 35.6. The third kappa shape index (κ3) is 72.0. The SMILES string of the molecule is CCCCCC.ClC(Cl)Cl.N.O. The third-order valence-electron chi connectivity index (χ3n) is 0.957. The van der Waals surface area contributed by atoms with Gasteiger partial charge in [-0.3, -0.25) is 0 Å². The number of unbranched alkanes of at least 4 members (excludes halogenated alkanes) is 3. The van der Waals surface area contributed by atoms with E-state index in [-0.39, 0.29) is 11.6 Å². The molecule has 5 heteroatoms. The molecule has 0 saturated carbocycles. The molecule has 0 aliphatic rings. The van der Waals surface area contributed by atoms with Gasteiger partial charge in [0.25, 0.3) is 0 Å². The van der Waals surface area contributed by atoms with Gasteiger partial charge < -0.3 is 11.6 Å². The van der Waals surface area contributed by atoms with Crippen LogP contribution in [-0.2, 0) is 0 Å². The summed E-state index contributed by atoms with van der Waals surface area (Å²) in [6.45, 7) is 4.46. The fraction of sp³-hybridized carbons (Fsp3) is 1.00. The lowest BCUT2D eigenvalue weighted by Gasteiger charge is -1.86. The van der Waals surface area contributed by atoms with Crippen LogP contribution in [0.5, 0.6) is 0 Å². The molecule has 5 N–H and O–H groups in total. The van der Waals surface area contributed by atoms with Gasteiger partial charge in [-0.05, 0) is 0 Å². The van der Waals surface area contributed by atoms with Gasteiger partial charge in [0.15, 0.2) is 4.30 Å². The Hall–Kier alpha value is 0.790. The van der Waals surface area contributed by atoms with Crippen molar-refractivity contribution in [2.45, 2.75) is 43.8 Å². The van der Waals surface area contributed by atoms with E-state index in [2.05, 4.69) is 13.8 Å². The Labute approximate surface area is 90.5 Å². The summed E-state index contributed by atoms with van der Waals surface area (Å²) in [5.74, 6) is 0. The fourth-order valence-corrected chi connectivity index (χ4v) is 0.500. The topological polar surface area (TPSA) is 66.5 Å². The standard InChI is InChI=1S/C6H14.CHCl3.H3N.H2O/c1-3-5-6-4-2;2-1(3)4;;/h3-6H2,1-2H3;1H;1H3;1H2. The van der Waals surface area contributed by atoms with Gasteiger partial charge in [0, 0.05) is 0 Å². The van der Waals surface area contributed by atoms with Crippen LogP contribution in [0.1, 0.15) is 39.5 Å². The van der Waals surface area contributed by atoms with E-state index in [1.54, 1.807) is 0 Å². The van der Waals surface area contributed by atoms with Crippen LogP contribution < -0.4 is 6.15 Å². The first-order chi connectivity index (χ1) is 4.65. The average Bonchev–Trinajstić information content (AvgIpc) is 1.82. The van der Waals surface area contributed by atoms with Crippen molar-refractivity contribution in [1.29, 1.82) is 0 Å². The molecule has 80 valence electrons. The van der Waals surface area contributed by atoms with Gasteiger partial charge in [-0.15, -0.1) is 0 Å². The maximum Gasteiger partial charge on any atom is 0.180 e. The highest BCUT2D eigenvalue weighted by Gasteiger charge is 1.79. The lowest BCUT2D eigenvalue weighted by Crippen LogP contribution is -1.66. The van der Waals surface area contributed by atoms with E-state index in [4.69, 9.17) is 34.8 Å². The highest BCUT2D eigenvalue weighted by Crippen LogP contribution is 2.03. The first-order valence-electron chi connectivity index (χ1n) is 3.57. The lowest BCUT2D eigenvalue weighted by molar-refractivity contribution is 0.702. The molecule has 0 aliphatic heterocycles. The highest BCUT2D eigenvalue weighted by molar-refractivity contribution is 6.63. The molecule has 0 fully saturated rings. The molecule has 0 radical (unpaired) electrons. The van der Waals surface area contributed by atoms with Crippen molar-refractivity contribution in [2.24, 2.45) is 0 Å². The monoisotopic (exact) mass is 239 g/mol. The molecule has 0 aliphatic carbocycles. The predicted molar refractivity (Wildman–Crippen MR) is 59.8 cm³/mol. The van der Waals surface area contributed by atoms with Crippen molar-refractivity contribution in [3.8, 4) is 0 Å². The second-order valence-corrected chi connectivity index (χ2v) is 3.93. The molecule has 0 amide bonds. The lowest BCUT2D eigenvalue weighted by atomic mass is 10.2. The molecule has 0 spiro atoms. The normalized spacial score (nSPS) is 7.50. The van der Waals surface area contributed by atoms with Crippen LogP contribution in [0.4, 0.5) is 0 Å². The molecular weight excluding hydrogens is 220 g/mol. The van der Waals surface area contributed by atoms with Crippen molar-refractivity contribution in [3.05, 3.63) is 0 Å². The summed E-state index contributed by atoms with van der Waals surface area (Å²) in [6.07, 6.45) is 5.54. The molecule has 0 rings (SSSR count). The molecule has 0 saturated heterocycles. The molecule has 0 aromatic rings. The second kappa shape index (κ2) is 22.6. The van der Waals surface area contributed by atoms with Gasteiger partial charge >= 0.3 is 0 Å². The van der Waals surface area contributed by atoms with Gasteiger partial charge in [0.2, 0.25) is 0 Å². The van der Waals surface area contributed by atoms with Crippen molar-refractivity contribution >= 4 is 34.8 Å². The quantitative estimate of drug-likeness (QED) is 0.590. The molecule has 0 aromatic carbocycles. The Balaban J connectivity index is -0.0000000483. The summed E-state index contributed by atoms with van der Waals surface area (Å²) >= 11 is 14.4. The minimum Gasteiger partial charge on any atom is -0.412 e. The zero-order chi connectivity index (χ0) is 8.41. The fourth-order valence-electron chi connectivity index (χ4n) is 0.500. The van der Waals surface area contributed by atoms with Crippen LogP contribution in [0.25, 0.3) is 0 Å². The summed E-state index contributed by atoms with van der Waals surface area (Å²) in [5.41, 5.74) is 0. The van der Waals surface area contributed by atoms with Crippen LogP contribution in [0.15, 0.2) is 0 Å². The molecular formula is C7H20Cl3NO. The smallest absolute Gasteiger partial charge is 0.180 e. The van der Waals surface area contributed by atoms with E-state index in [9.17, 15) is 0 Å². The molecule has 12 heavy (non-hydrogen) atoms. The maximum absolute atomic E-state index is 4.81. The average molecular weight is 241 g/mol. The van der Waals surface area contributed by atoms with Crippen molar-refractivity contribution in [3.63, 3.8) is 0 Å². The molecule has 0 atom stereocenters.